The number of hydrogen-bond donors (Lipinski definition) is 2. The Bertz CT molecular complexity index is 940. The number of halogens is 1. The van der Waals surface area contributed by atoms with Gasteiger partial charge in [-0.2, -0.15) is 0 Å². The summed E-state index contributed by atoms with van der Waals surface area (Å²) in [5.41, 5.74) is 2.17. The predicted octanol–water partition coefficient (Wildman–Crippen LogP) is 2.80. The molecule has 2 amide bonds. The van der Waals surface area contributed by atoms with Crippen molar-refractivity contribution in [3.8, 4) is 0 Å². The van der Waals surface area contributed by atoms with Gasteiger partial charge in [0.2, 0.25) is 11.8 Å². The third-order valence-corrected chi connectivity index (χ3v) is 5.62. The van der Waals surface area contributed by atoms with E-state index in [0.29, 0.717) is 11.3 Å². The van der Waals surface area contributed by atoms with Gasteiger partial charge >= 0.3 is 0 Å². The van der Waals surface area contributed by atoms with Crippen LogP contribution in [0, 0.1) is 5.82 Å². The highest BCUT2D eigenvalue weighted by Gasteiger charge is 2.19. The zero-order valence-corrected chi connectivity index (χ0v) is 18.7. The van der Waals surface area contributed by atoms with Crippen molar-refractivity contribution >= 4 is 23.6 Å². The summed E-state index contributed by atoms with van der Waals surface area (Å²) in [7, 11) is 0. The van der Waals surface area contributed by atoms with Gasteiger partial charge in [0.05, 0.1) is 5.69 Å². The van der Waals surface area contributed by atoms with E-state index in [9.17, 15) is 14.0 Å². The standard InChI is InChI=1S/C25H31FN4O2/c1-3-29-13-15-30(16-14-29)23-11-9-21(17-22(23)26)18-27-25(32)19(2)28-24(31)12-10-20-7-5-4-6-8-20/h4-12,17,19H,3,13-16,18H2,1-2H3,(H,27,32)(H,28,31)/b12-10+. The maximum Gasteiger partial charge on any atom is 0.244 e. The first-order valence-corrected chi connectivity index (χ1v) is 11.0. The predicted molar refractivity (Wildman–Crippen MR) is 126 cm³/mol. The summed E-state index contributed by atoms with van der Waals surface area (Å²) in [6.45, 7) is 8.41. The summed E-state index contributed by atoms with van der Waals surface area (Å²) in [6.07, 6.45) is 3.08. The molecule has 6 nitrogen and oxygen atoms in total. The van der Waals surface area contributed by atoms with Crippen LogP contribution in [0.15, 0.2) is 54.6 Å². The molecule has 0 spiro atoms. The highest BCUT2D eigenvalue weighted by Crippen LogP contribution is 2.22. The minimum Gasteiger partial charge on any atom is -0.367 e. The lowest BCUT2D eigenvalue weighted by molar-refractivity contribution is -0.126. The van der Waals surface area contributed by atoms with E-state index in [1.807, 2.05) is 36.4 Å². The van der Waals surface area contributed by atoms with Crippen molar-refractivity contribution in [3.05, 3.63) is 71.6 Å². The fraction of sp³-hybridized carbons (Fsp3) is 0.360. The molecule has 1 aliphatic heterocycles. The average molecular weight is 439 g/mol. The van der Waals surface area contributed by atoms with E-state index >= 15 is 0 Å². The van der Waals surface area contributed by atoms with Crippen molar-refractivity contribution < 1.29 is 14.0 Å². The molecule has 3 rings (SSSR count). The number of rotatable bonds is 8. The van der Waals surface area contributed by atoms with E-state index in [2.05, 4.69) is 27.4 Å². The maximum atomic E-state index is 14.7. The van der Waals surface area contributed by atoms with Gasteiger partial charge in [0, 0.05) is 38.8 Å². The summed E-state index contributed by atoms with van der Waals surface area (Å²) >= 11 is 0. The van der Waals surface area contributed by atoms with Crippen LogP contribution in [0.3, 0.4) is 0 Å². The molecule has 0 radical (unpaired) electrons. The number of piperazine rings is 1. The molecule has 1 unspecified atom stereocenters. The Morgan fingerprint density at radius 2 is 1.81 bits per heavy atom. The van der Waals surface area contributed by atoms with Crippen molar-refractivity contribution in [1.29, 1.82) is 0 Å². The van der Waals surface area contributed by atoms with Gasteiger partial charge in [0.1, 0.15) is 11.9 Å². The van der Waals surface area contributed by atoms with Gasteiger partial charge in [0.25, 0.3) is 0 Å². The Labute approximate surface area is 189 Å². The lowest BCUT2D eigenvalue weighted by Crippen LogP contribution is -2.46. The normalized spacial score (nSPS) is 15.5. The topological polar surface area (TPSA) is 64.7 Å². The third-order valence-electron chi connectivity index (χ3n) is 5.62. The number of anilines is 1. The molecule has 0 aromatic heterocycles. The molecular weight excluding hydrogens is 407 g/mol. The van der Waals surface area contributed by atoms with Crippen molar-refractivity contribution in [1.82, 2.24) is 15.5 Å². The number of hydrogen-bond acceptors (Lipinski definition) is 4. The van der Waals surface area contributed by atoms with Gasteiger partial charge in [-0.25, -0.2) is 4.39 Å². The van der Waals surface area contributed by atoms with Crippen LogP contribution in [0.4, 0.5) is 10.1 Å². The zero-order chi connectivity index (χ0) is 22.9. The van der Waals surface area contributed by atoms with E-state index < -0.39 is 6.04 Å². The van der Waals surface area contributed by atoms with E-state index in [1.54, 1.807) is 19.1 Å². The van der Waals surface area contributed by atoms with Crippen molar-refractivity contribution in [2.24, 2.45) is 0 Å². The summed E-state index contributed by atoms with van der Waals surface area (Å²) in [4.78, 5) is 28.8. The quantitative estimate of drug-likeness (QED) is 0.622. The van der Waals surface area contributed by atoms with Crippen LogP contribution < -0.4 is 15.5 Å². The fourth-order valence-electron chi connectivity index (χ4n) is 3.63. The lowest BCUT2D eigenvalue weighted by Gasteiger charge is -2.35. The van der Waals surface area contributed by atoms with Crippen LogP contribution in [0.1, 0.15) is 25.0 Å². The summed E-state index contributed by atoms with van der Waals surface area (Å²) < 4.78 is 14.7. The number of nitrogens with zero attached hydrogens (tertiary/aromatic N) is 2. The van der Waals surface area contributed by atoms with Crippen LogP contribution >= 0.6 is 0 Å². The van der Waals surface area contributed by atoms with Crippen molar-refractivity contribution in [2.45, 2.75) is 26.4 Å². The molecular formula is C25H31FN4O2. The number of carbonyl (C=O) groups excluding carboxylic acids is 2. The largest absolute Gasteiger partial charge is 0.367 e. The Kier molecular flexibility index (Phi) is 8.39. The number of likely N-dealkylation sites (N-methyl/N-ethyl adjacent to an activating group) is 1. The Hall–Kier alpha value is -3.19. The Balaban J connectivity index is 1.47. The molecule has 0 saturated carbocycles. The van der Waals surface area contributed by atoms with E-state index in [-0.39, 0.29) is 24.2 Å². The van der Waals surface area contributed by atoms with Gasteiger partial charge in [-0.05, 0) is 42.8 Å². The summed E-state index contributed by atoms with van der Waals surface area (Å²) in [5, 5.41) is 5.39. The number of nitrogens with one attached hydrogen (secondary N) is 2. The fourth-order valence-corrected chi connectivity index (χ4v) is 3.63. The monoisotopic (exact) mass is 438 g/mol. The summed E-state index contributed by atoms with van der Waals surface area (Å²) in [6, 6.07) is 13.8. The minimum atomic E-state index is -0.707. The molecule has 1 fully saturated rings. The maximum absolute atomic E-state index is 14.7. The smallest absolute Gasteiger partial charge is 0.244 e. The molecule has 2 N–H and O–H groups in total. The molecule has 0 aliphatic carbocycles. The number of carbonyl (C=O) groups is 2. The van der Waals surface area contributed by atoms with Gasteiger partial charge in [-0.15, -0.1) is 0 Å². The van der Waals surface area contributed by atoms with Crippen LogP contribution in [0.2, 0.25) is 0 Å². The summed E-state index contributed by atoms with van der Waals surface area (Å²) in [5.74, 6) is -0.962. The average Bonchev–Trinajstić information content (AvgIpc) is 2.82. The first kappa shape index (κ1) is 23.5. The Morgan fingerprint density at radius 1 is 1.09 bits per heavy atom. The first-order valence-electron chi connectivity index (χ1n) is 11.0. The molecule has 7 heteroatoms. The number of benzene rings is 2. The molecule has 2 aromatic rings. The highest BCUT2D eigenvalue weighted by molar-refractivity contribution is 5.95. The first-order chi connectivity index (χ1) is 15.5. The molecule has 1 heterocycles. The van der Waals surface area contributed by atoms with Crippen LogP contribution in [-0.4, -0.2) is 55.5 Å². The highest BCUT2D eigenvalue weighted by atomic mass is 19.1. The second-order valence-corrected chi connectivity index (χ2v) is 7.90. The van der Waals surface area contributed by atoms with Crippen molar-refractivity contribution in [3.63, 3.8) is 0 Å². The van der Waals surface area contributed by atoms with Crippen LogP contribution in [0.25, 0.3) is 6.08 Å². The molecule has 1 saturated heterocycles. The second-order valence-electron chi connectivity index (χ2n) is 7.90. The SMILES string of the molecule is CCN1CCN(c2ccc(CNC(=O)C(C)NC(=O)/C=C/c3ccccc3)cc2F)CC1. The minimum absolute atomic E-state index is 0.194. The van der Waals surface area contributed by atoms with E-state index in [0.717, 1.165) is 38.3 Å². The van der Waals surface area contributed by atoms with Crippen LogP contribution in [-0.2, 0) is 16.1 Å². The van der Waals surface area contributed by atoms with E-state index in [1.165, 1.54) is 12.1 Å². The molecule has 1 aliphatic rings. The van der Waals surface area contributed by atoms with Gasteiger partial charge in [-0.1, -0.05) is 43.3 Å². The molecule has 32 heavy (non-hydrogen) atoms. The Morgan fingerprint density at radius 3 is 2.47 bits per heavy atom. The van der Waals surface area contributed by atoms with Gasteiger partial charge < -0.3 is 20.4 Å². The molecule has 0 bridgehead atoms. The second kappa shape index (κ2) is 11.4. The van der Waals surface area contributed by atoms with Crippen molar-refractivity contribution in [2.75, 3.05) is 37.6 Å². The molecule has 170 valence electrons. The molecule has 2 aromatic carbocycles. The van der Waals surface area contributed by atoms with Crippen LogP contribution in [0.5, 0.6) is 0 Å². The molecule has 1 atom stereocenters. The van der Waals surface area contributed by atoms with E-state index in [4.69, 9.17) is 0 Å². The van der Waals surface area contributed by atoms with Gasteiger partial charge in [0.15, 0.2) is 0 Å². The zero-order valence-electron chi connectivity index (χ0n) is 18.7. The lowest BCUT2D eigenvalue weighted by atomic mass is 10.1. The van der Waals surface area contributed by atoms with Gasteiger partial charge in [-0.3, -0.25) is 9.59 Å². The third kappa shape index (κ3) is 6.65. The number of amides is 2.